The zero-order valence-electron chi connectivity index (χ0n) is 10.9. The second kappa shape index (κ2) is 6.48. The highest BCUT2D eigenvalue weighted by Crippen LogP contribution is 2.30. The molecule has 0 aliphatic rings. The lowest BCUT2D eigenvalue weighted by Crippen LogP contribution is -2.38. The van der Waals surface area contributed by atoms with E-state index >= 15 is 0 Å². The van der Waals surface area contributed by atoms with E-state index in [1.165, 1.54) is 6.07 Å². The first-order chi connectivity index (χ1) is 9.61. The Hall–Kier alpha value is -1.23. The Kier molecular flexibility index (Phi) is 4.91. The monoisotopic (exact) mass is 338 g/mol. The van der Waals surface area contributed by atoms with Crippen LogP contribution in [0.2, 0.25) is 0 Å². The van der Waals surface area contributed by atoms with E-state index in [1.807, 2.05) is 24.3 Å². The lowest BCUT2D eigenvalue weighted by molar-refractivity contribution is 0.113. The summed E-state index contributed by atoms with van der Waals surface area (Å²) in [6.45, 7) is -0.638. The number of aliphatic hydroxyl groups excluding tert-OH is 2. The van der Waals surface area contributed by atoms with Crippen molar-refractivity contribution in [1.82, 2.24) is 0 Å². The van der Waals surface area contributed by atoms with Crippen LogP contribution < -0.4 is 0 Å². The topological polar surface area (TPSA) is 40.5 Å². The summed E-state index contributed by atoms with van der Waals surface area (Å²) in [4.78, 5) is 0. The molecule has 0 aliphatic heterocycles. The summed E-state index contributed by atoms with van der Waals surface area (Å²) in [5.41, 5.74) is 0.256. The molecule has 0 heterocycles. The molecule has 106 valence electrons. The van der Waals surface area contributed by atoms with Crippen molar-refractivity contribution in [1.29, 1.82) is 0 Å². The molecule has 0 amide bonds. The molecule has 2 nitrogen and oxygen atoms in total. The van der Waals surface area contributed by atoms with Gasteiger partial charge in [0.2, 0.25) is 0 Å². The molecule has 0 unspecified atom stereocenters. The Balaban J connectivity index is 2.39. The number of hydrogen-bond donors (Lipinski definition) is 2. The van der Waals surface area contributed by atoms with Crippen LogP contribution >= 0.6 is 15.9 Å². The maximum Gasteiger partial charge on any atom is 0.127 e. The summed E-state index contributed by atoms with van der Waals surface area (Å²) < 4.78 is 14.9. The molecule has 0 aliphatic carbocycles. The molecule has 0 saturated heterocycles. The maximum absolute atomic E-state index is 14.0. The van der Waals surface area contributed by atoms with E-state index in [9.17, 15) is 14.6 Å². The highest BCUT2D eigenvalue weighted by atomic mass is 79.9. The van der Waals surface area contributed by atoms with Crippen molar-refractivity contribution < 1.29 is 14.6 Å². The Morgan fingerprint density at radius 3 is 2.10 bits per heavy atom. The lowest BCUT2D eigenvalue weighted by Gasteiger charge is -2.31. The molecule has 2 aromatic rings. The minimum absolute atomic E-state index is 0.319. The second-order valence-corrected chi connectivity index (χ2v) is 5.80. The predicted octanol–water partition coefficient (Wildman–Crippen LogP) is 3.05. The van der Waals surface area contributed by atoms with Crippen LogP contribution in [0.5, 0.6) is 0 Å². The van der Waals surface area contributed by atoms with Crippen LogP contribution in [0.4, 0.5) is 4.39 Å². The molecule has 0 bridgehead atoms. The highest BCUT2D eigenvalue weighted by Gasteiger charge is 2.33. The summed E-state index contributed by atoms with van der Waals surface area (Å²) in [5.74, 6) is -0.410. The van der Waals surface area contributed by atoms with E-state index in [2.05, 4.69) is 15.9 Å². The van der Waals surface area contributed by atoms with Crippen molar-refractivity contribution in [2.24, 2.45) is 0 Å². The highest BCUT2D eigenvalue weighted by molar-refractivity contribution is 9.10. The summed E-state index contributed by atoms with van der Waals surface area (Å²) in [5, 5.41) is 19.5. The predicted molar refractivity (Wildman–Crippen MR) is 80.1 cm³/mol. The Morgan fingerprint density at radius 2 is 1.55 bits per heavy atom. The second-order valence-electron chi connectivity index (χ2n) is 4.88. The molecule has 2 N–H and O–H groups in total. The minimum Gasteiger partial charge on any atom is -0.395 e. The normalized spacial score (nSPS) is 11.6. The van der Waals surface area contributed by atoms with E-state index in [1.54, 1.807) is 18.2 Å². The van der Waals surface area contributed by atoms with Gasteiger partial charge in [0.1, 0.15) is 5.82 Å². The van der Waals surface area contributed by atoms with Crippen molar-refractivity contribution in [3.8, 4) is 0 Å². The molecule has 0 aromatic heterocycles. The van der Waals surface area contributed by atoms with Gasteiger partial charge in [-0.3, -0.25) is 0 Å². The molecular formula is C16H16BrFO2. The van der Waals surface area contributed by atoms with Gasteiger partial charge in [-0.15, -0.1) is 0 Å². The third-order valence-electron chi connectivity index (χ3n) is 3.51. The Morgan fingerprint density at radius 1 is 0.950 bits per heavy atom. The molecule has 0 radical (unpaired) electrons. The summed E-state index contributed by atoms with van der Waals surface area (Å²) in [6.07, 6.45) is 0.369. The van der Waals surface area contributed by atoms with Crippen LogP contribution in [0.1, 0.15) is 11.1 Å². The average Bonchev–Trinajstić information content (AvgIpc) is 2.48. The van der Waals surface area contributed by atoms with Crippen molar-refractivity contribution in [2.45, 2.75) is 11.8 Å². The molecule has 20 heavy (non-hydrogen) atoms. The van der Waals surface area contributed by atoms with Gasteiger partial charge in [-0.2, -0.15) is 0 Å². The molecule has 0 saturated carbocycles. The van der Waals surface area contributed by atoms with Gasteiger partial charge in [0, 0.05) is 9.89 Å². The van der Waals surface area contributed by atoms with Crippen molar-refractivity contribution in [2.75, 3.05) is 13.2 Å². The SMILES string of the molecule is OCC(CO)(Cc1ccc(Br)cc1)c1ccccc1F. The van der Waals surface area contributed by atoms with E-state index in [4.69, 9.17) is 0 Å². The third kappa shape index (κ3) is 3.08. The van der Waals surface area contributed by atoms with Crippen molar-refractivity contribution in [3.05, 3.63) is 69.9 Å². The summed E-state index contributed by atoms with van der Waals surface area (Å²) >= 11 is 3.36. The van der Waals surface area contributed by atoms with Crippen LogP contribution in [0.3, 0.4) is 0 Å². The van der Waals surface area contributed by atoms with Crippen LogP contribution in [0.15, 0.2) is 53.0 Å². The van der Waals surface area contributed by atoms with Crippen LogP contribution in [0.25, 0.3) is 0 Å². The van der Waals surface area contributed by atoms with E-state index in [0.717, 1.165) is 10.0 Å². The number of halogens is 2. The van der Waals surface area contributed by atoms with Gasteiger partial charge < -0.3 is 10.2 Å². The number of aliphatic hydroxyl groups is 2. The number of benzene rings is 2. The maximum atomic E-state index is 14.0. The van der Waals surface area contributed by atoms with Gasteiger partial charge in [0.05, 0.1) is 13.2 Å². The Labute approximate surface area is 126 Å². The van der Waals surface area contributed by atoms with E-state index < -0.39 is 11.2 Å². The quantitative estimate of drug-likeness (QED) is 0.879. The van der Waals surface area contributed by atoms with E-state index in [0.29, 0.717) is 12.0 Å². The fourth-order valence-electron chi connectivity index (χ4n) is 2.31. The van der Waals surface area contributed by atoms with Gasteiger partial charge in [-0.1, -0.05) is 46.3 Å². The summed E-state index contributed by atoms with van der Waals surface area (Å²) in [6, 6.07) is 13.8. The molecule has 2 rings (SSSR count). The molecule has 0 fully saturated rings. The minimum atomic E-state index is -1.01. The fraction of sp³-hybridized carbons (Fsp3) is 0.250. The average molecular weight is 339 g/mol. The van der Waals surface area contributed by atoms with Crippen LogP contribution in [-0.4, -0.2) is 23.4 Å². The van der Waals surface area contributed by atoms with Gasteiger partial charge >= 0.3 is 0 Å². The van der Waals surface area contributed by atoms with Gasteiger partial charge in [0.25, 0.3) is 0 Å². The number of hydrogen-bond acceptors (Lipinski definition) is 2. The first-order valence-corrected chi connectivity index (χ1v) is 7.12. The largest absolute Gasteiger partial charge is 0.395 e. The van der Waals surface area contributed by atoms with E-state index in [-0.39, 0.29) is 13.2 Å². The first kappa shape index (κ1) is 15.2. The van der Waals surface area contributed by atoms with Crippen molar-refractivity contribution >= 4 is 15.9 Å². The lowest BCUT2D eigenvalue weighted by atomic mass is 9.76. The molecule has 2 aromatic carbocycles. The first-order valence-electron chi connectivity index (χ1n) is 6.32. The number of rotatable bonds is 5. The third-order valence-corrected chi connectivity index (χ3v) is 4.03. The zero-order chi connectivity index (χ0) is 14.6. The molecule has 0 atom stereocenters. The summed E-state index contributed by atoms with van der Waals surface area (Å²) in [7, 11) is 0. The van der Waals surface area contributed by atoms with Gasteiger partial charge in [-0.05, 0) is 35.7 Å². The van der Waals surface area contributed by atoms with Crippen LogP contribution in [-0.2, 0) is 11.8 Å². The Bertz CT molecular complexity index is 565. The van der Waals surface area contributed by atoms with Crippen LogP contribution in [0, 0.1) is 5.82 Å². The van der Waals surface area contributed by atoms with Gasteiger partial charge in [-0.25, -0.2) is 4.39 Å². The smallest absolute Gasteiger partial charge is 0.127 e. The molecule has 0 spiro atoms. The van der Waals surface area contributed by atoms with Gasteiger partial charge in [0.15, 0.2) is 0 Å². The molecular weight excluding hydrogens is 323 g/mol. The van der Waals surface area contributed by atoms with Crippen molar-refractivity contribution in [3.63, 3.8) is 0 Å². The standard InChI is InChI=1S/C16H16BrFO2/c17-13-7-5-12(6-8-13)9-16(10-19,11-20)14-3-1-2-4-15(14)18/h1-8,19-20H,9-11H2. The zero-order valence-corrected chi connectivity index (χ0v) is 12.5. The fourth-order valence-corrected chi connectivity index (χ4v) is 2.58. The molecule has 4 heteroatoms.